The minimum Gasteiger partial charge on any atom is -0.481 e. The maximum Gasteiger partial charge on any atom is 0.317 e. The number of hydrogen-bond donors (Lipinski definition) is 2. The van der Waals surface area contributed by atoms with Gasteiger partial charge in [0.05, 0.1) is 13.0 Å². The van der Waals surface area contributed by atoms with Crippen LogP contribution >= 0.6 is 11.3 Å². The molecule has 0 spiro atoms. The fourth-order valence-corrected chi connectivity index (χ4v) is 2.89. The lowest BCUT2D eigenvalue weighted by Gasteiger charge is -2.34. The standard InChI is InChI=1S/C13H20N4O3S/c1-10-9-21-11(15-10)8-14-13(20)17-6-4-16(5-7-17)3-2-12(18)19/h9H,2-8H2,1H3,(H,14,20)(H,18,19). The fourth-order valence-electron chi connectivity index (χ4n) is 2.18. The molecule has 2 heterocycles. The number of urea groups is 1. The number of nitrogens with one attached hydrogen (secondary N) is 1. The average molecular weight is 312 g/mol. The van der Waals surface area contributed by atoms with Crippen LogP contribution < -0.4 is 5.32 Å². The molecule has 7 nitrogen and oxygen atoms in total. The summed E-state index contributed by atoms with van der Waals surface area (Å²) in [5.74, 6) is -0.783. The Bertz CT molecular complexity index is 497. The third-order valence-corrected chi connectivity index (χ3v) is 4.33. The molecular weight excluding hydrogens is 292 g/mol. The van der Waals surface area contributed by atoms with Gasteiger partial charge in [-0.1, -0.05) is 0 Å². The highest BCUT2D eigenvalue weighted by molar-refractivity contribution is 7.09. The van der Waals surface area contributed by atoms with Gasteiger partial charge in [-0.05, 0) is 6.92 Å². The molecule has 2 amide bonds. The number of piperazine rings is 1. The number of carbonyl (C=O) groups is 2. The molecule has 0 unspecified atom stereocenters. The van der Waals surface area contributed by atoms with Crippen LogP contribution in [0.25, 0.3) is 0 Å². The van der Waals surface area contributed by atoms with Gasteiger partial charge in [0, 0.05) is 43.8 Å². The molecule has 0 aliphatic carbocycles. The number of carboxylic acids is 1. The summed E-state index contributed by atoms with van der Waals surface area (Å²) in [6, 6.07) is -0.0827. The Kier molecular flexibility index (Phi) is 5.51. The number of carboxylic acid groups (broad SMARTS) is 1. The SMILES string of the molecule is Cc1csc(CNC(=O)N2CCN(CCC(=O)O)CC2)n1. The smallest absolute Gasteiger partial charge is 0.317 e. The van der Waals surface area contributed by atoms with Crippen molar-refractivity contribution in [2.24, 2.45) is 0 Å². The molecule has 0 aromatic carbocycles. The van der Waals surface area contributed by atoms with E-state index in [2.05, 4.69) is 15.2 Å². The second kappa shape index (κ2) is 7.37. The van der Waals surface area contributed by atoms with Crippen molar-refractivity contribution in [3.63, 3.8) is 0 Å². The van der Waals surface area contributed by atoms with Crippen LogP contribution in [0.15, 0.2) is 5.38 Å². The number of amides is 2. The maximum absolute atomic E-state index is 12.0. The molecule has 1 fully saturated rings. The number of aliphatic carboxylic acids is 1. The summed E-state index contributed by atoms with van der Waals surface area (Å²) in [7, 11) is 0. The first-order valence-electron chi connectivity index (χ1n) is 6.92. The zero-order valence-electron chi connectivity index (χ0n) is 12.0. The molecule has 0 radical (unpaired) electrons. The maximum atomic E-state index is 12.0. The third-order valence-electron chi connectivity index (χ3n) is 3.36. The zero-order valence-corrected chi connectivity index (χ0v) is 12.9. The van der Waals surface area contributed by atoms with E-state index in [1.807, 2.05) is 12.3 Å². The van der Waals surface area contributed by atoms with Crippen molar-refractivity contribution in [1.82, 2.24) is 20.1 Å². The molecule has 1 aliphatic heterocycles. The fraction of sp³-hybridized carbons (Fsp3) is 0.615. The number of hydrogen-bond acceptors (Lipinski definition) is 5. The monoisotopic (exact) mass is 312 g/mol. The van der Waals surface area contributed by atoms with Crippen LogP contribution in [0.4, 0.5) is 4.79 Å². The molecule has 8 heteroatoms. The van der Waals surface area contributed by atoms with Crippen molar-refractivity contribution in [2.75, 3.05) is 32.7 Å². The predicted molar refractivity (Wildman–Crippen MR) is 79.4 cm³/mol. The highest BCUT2D eigenvalue weighted by Gasteiger charge is 2.21. The Balaban J connectivity index is 1.69. The van der Waals surface area contributed by atoms with Crippen molar-refractivity contribution < 1.29 is 14.7 Å². The largest absolute Gasteiger partial charge is 0.481 e. The van der Waals surface area contributed by atoms with Gasteiger partial charge in [0.15, 0.2) is 0 Å². The quantitative estimate of drug-likeness (QED) is 0.838. The molecule has 0 saturated carbocycles. The second-order valence-corrected chi connectivity index (χ2v) is 5.96. The minimum atomic E-state index is -0.783. The number of rotatable bonds is 5. The molecule has 2 N–H and O–H groups in total. The van der Waals surface area contributed by atoms with E-state index >= 15 is 0 Å². The topological polar surface area (TPSA) is 85.8 Å². The normalized spacial score (nSPS) is 16.0. The summed E-state index contributed by atoms with van der Waals surface area (Å²) in [6.45, 7) is 5.62. The lowest BCUT2D eigenvalue weighted by molar-refractivity contribution is -0.137. The Morgan fingerprint density at radius 3 is 2.67 bits per heavy atom. The number of carbonyl (C=O) groups excluding carboxylic acids is 1. The summed E-state index contributed by atoms with van der Waals surface area (Å²) in [6.07, 6.45) is 0.148. The van der Waals surface area contributed by atoms with Gasteiger partial charge in [-0.3, -0.25) is 9.69 Å². The van der Waals surface area contributed by atoms with E-state index in [0.29, 0.717) is 26.2 Å². The lowest BCUT2D eigenvalue weighted by Crippen LogP contribution is -2.51. The van der Waals surface area contributed by atoms with Gasteiger partial charge in [0.25, 0.3) is 0 Å². The zero-order chi connectivity index (χ0) is 15.2. The highest BCUT2D eigenvalue weighted by Crippen LogP contribution is 2.08. The summed E-state index contributed by atoms with van der Waals surface area (Å²) in [4.78, 5) is 30.7. The van der Waals surface area contributed by atoms with Crippen molar-refractivity contribution in [1.29, 1.82) is 0 Å². The van der Waals surface area contributed by atoms with E-state index in [9.17, 15) is 9.59 Å². The number of thiazole rings is 1. The Morgan fingerprint density at radius 2 is 2.10 bits per heavy atom. The van der Waals surface area contributed by atoms with Crippen LogP contribution in [0, 0.1) is 6.92 Å². The van der Waals surface area contributed by atoms with Gasteiger partial charge in [0.1, 0.15) is 5.01 Å². The number of aryl methyl sites for hydroxylation is 1. The molecule has 21 heavy (non-hydrogen) atoms. The van der Waals surface area contributed by atoms with Gasteiger partial charge < -0.3 is 15.3 Å². The molecule has 1 aliphatic rings. The van der Waals surface area contributed by atoms with Gasteiger partial charge in [-0.2, -0.15) is 0 Å². The van der Waals surface area contributed by atoms with E-state index in [0.717, 1.165) is 23.8 Å². The first-order valence-corrected chi connectivity index (χ1v) is 7.80. The predicted octanol–water partition coefficient (Wildman–Crippen LogP) is 0.753. The van der Waals surface area contributed by atoms with Crippen LogP contribution in [0.5, 0.6) is 0 Å². The molecule has 2 rings (SSSR count). The minimum absolute atomic E-state index is 0.0827. The van der Waals surface area contributed by atoms with E-state index < -0.39 is 5.97 Å². The van der Waals surface area contributed by atoms with Crippen LogP contribution in [-0.4, -0.2) is 64.6 Å². The summed E-state index contributed by atoms with van der Waals surface area (Å²) < 4.78 is 0. The Labute approximate surface area is 127 Å². The van der Waals surface area contributed by atoms with E-state index in [1.54, 1.807) is 4.90 Å². The average Bonchev–Trinajstić information content (AvgIpc) is 2.89. The van der Waals surface area contributed by atoms with Crippen molar-refractivity contribution in [3.8, 4) is 0 Å². The summed E-state index contributed by atoms with van der Waals surface area (Å²) in [5.41, 5.74) is 0.969. The number of aromatic nitrogens is 1. The van der Waals surface area contributed by atoms with Gasteiger partial charge in [-0.15, -0.1) is 11.3 Å². The Morgan fingerprint density at radius 1 is 1.38 bits per heavy atom. The Hall–Kier alpha value is -1.67. The molecule has 1 aromatic heterocycles. The third kappa shape index (κ3) is 4.98. The molecule has 1 saturated heterocycles. The summed E-state index contributed by atoms with van der Waals surface area (Å²) >= 11 is 1.54. The second-order valence-electron chi connectivity index (χ2n) is 5.01. The van der Waals surface area contributed by atoms with Gasteiger partial charge >= 0.3 is 12.0 Å². The molecular formula is C13H20N4O3S. The first kappa shape index (κ1) is 15.7. The van der Waals surface area contributed by atoms with Gasteiger partial charge in [-0.25, -0.2) is 9.78 Å². The van der Waals surface area contributed by atoms with Crippen molar-refractivity contribution in [2.45, 2.75) is 19.9 Å². The highest BCUT2D eigenvalue weighted by atomic mass is 32.1. The van der Waals surface area contributed by atoms with Crippen LogP contribution in [-0.2, 0) is 11.3 Å². The van der Waals surface area contributed by atoms with Crippen molar-refractivity contribution in [3.05, 3.63) is 16.1 Å². The van der Waals surface area contributed by atoms with E-state index in [1.165, 1.54) is 11.3 Å². The van der Waals surface area contributed by atoms with Crippen molar-refractivity contribution >= 4 is 23.3 Å². The van der Waals surface area contributed by atoms with Crippen LogP contribution in [0.1, 0.15) is 17.1 Å². The van der Waals surface area contributed by atoms with Gasteiger partial charge in [0.2, 0.25) is 0 Å². The van der Waals surface area contributed by atoms with E-state index in [4.69, 9.17) is 5.11 Å². The van der Waals surface area contributed by atoms with Crippen LogP contribution in [0.2, 0.25) is 0 Å². The number of nitrogens with zero attached hydrogens (tertiary/aromatic N) is 3. The lowest BCUT2D eigenvalue weighted by atomic mass is 10.3. The molecule has 0 bridgehead atoms. The first-order chi connectivity index (χ1) is 10.0. The molecule has 1 aromatic rings. The summed E-state index contributed by atoms with van der Waals surface area (Å²) in [5, 5.41) is 14.4. The molecule has 0 atom stereocenters. The van der Waals surface area contributed by atoms with Crippen LogP contribution in [0.3, 0.4) is 0 Å². The molecule has 116 valence electrons. The van der Waals surface area contributed by atoms with E-state index in [-0.39, 0.29) is 12.5 Å².